The van der Waals surface area contributed by atoms with Crippen molar-refractivity contribution < 1.29 is 19.0 Å². The van der Waals surface area contributed by atoms with Crippen molar-refractivity contribution in [1.29, 1.82) is 0 Å². The fourth-order valence-electron chi connectivity index (χ4n) is 5.23. The second kappa shape index (κ2) is 14.9. The summed E-state index contributed by atoms with van der Waals surface area (Å²) in [7, 11) is 1.60. The molecular weight excluding hydrogens is 906 g/mol. The maximum Gasteiger partial charge on any atom is 0.338 e. The van der Waals surface area contributed by atoms with Crippen LogP contribution in [0.2, 0.25) is 0 Å². The third kappa shape index (κ3) is 7.27. The Bertz CT molecular complexity index is 2140. The molecule has 0 bridgehead atoms. The summed E-state index contributed by atoms with van der Waals surface area (Å²) in [6.45, 7) is 2.39. The Morgan fingerprint density at radius 2 is 1.68 bits per heavy atom. The number of esters is 1. The number of hydrogen-bond donors (Lipinski definition) is 0. The van der Waals surface area contributed by atoms with Gasteiger partial charge in [0.15, 0.2) is 4.80 Å². The molecule has 0 amide bonds. The number of carbonyl (C=O) groups excluding carboxylic acids is 1. The zero-order valence-corrected chi connectivity index (χ0v) is 31.9. The SMILES string of the molecule is CCOC(=O)C1=C(c2ccccc2)N=c2s/c(=C\c3cc(I)c(OCc4ccc(Br)cc4)c(I)c3)c(=O)n2[C@H]1c1ccc(OC)cc1. The number of aromatic nitrogens is 1. The molecule has 0 unspecified atom stereocenters. The van der Waals surface area contributed by atoms with E-state index in [9.17, 15) is 9.59 Å². The normalized spacial score (nSPS) is 14.4. The monoisotopic (exact) mass is 932 g/mol. The first-order chi connectivity index (χ1) is 22.8. The number of methoxy groups -OCH3 is 1. The van der Waals surface area contributed by atoms with Crippen molar-refractivity contribution in [3.05, 3.63) is 150 Å². The first-order valence-electron chi connectivity index (χ1n) is 14.6. The van der Waals surface area contributed by atoms with Crippen LogP contribution in [0.1, 0.15) is 35.2 Å². The maximum absolute atomic E-state index is 14.3. The van der Waals surface area contributed by atoms with E-state index in [2.05, 4.69) is 61.1 Å². The Hall–Kier alpha value is -3.27. The molecule has 0 spiro atoms. The van der Waals surface area contributed by atoms with Crippen LogP contribution in [0.5, 0.6) is 11.5 Å². The summed E-state index contributed by atoms with van der Waals surface area (Å²) in [6.07, 6.45) is 1.87. The average molecular weight is 933 g/mol. The molecule has 2 heterocycles. The highest BCUT2D eigenvalue weighted by Gasteiger charge is 2.35. The summed E-state index contributed by atoms with van der Waals surface area (Å²) in [5.41, 5.74) is 3.95. The zero-order valence-electron chi connectivity index (χ0n) is 25.2. The summed E-state index contributed by atoms with van der Waals surface area (Å²) in [5, 5.41) is 0. The van der Waals surface area contributed by atoms with Crippen molar-refractivity contribution >= 4 is 90.2 Å². The molecule has 7 nitrogen and oxygen atoms in total. The topological polar surface area (TPSA) is 79.1 Å². The standard InChI is InChI=1S/C36H27BrI2N2O5S/c1-3-45-35(43)30-31(23-7-5-4-6-8-23)40-36-41(32(30)24-11-15-26(44-2)16-12-24)34(42)29(47-36)19-22-17-27(38)33(28(39)18-22)46-20-21-9-13-25(37)14-10-21/h4-19,32H,3,20H2,1-2H3/b29-19-/t32-/m0/s1. The van der Waals surface area contributed by atoms with E-state index in [1.54, 1.807) is 18.6 Å². The van der Waals surface area contributed by atoms with E-state index in [0.717, 1.165) is 39.6 Å². The van der Waals surface area contributed by atoms with Crippen molar-refractivity contribution in [2.24, 2.45) is 4.99 Å². The fourth-order valence-corrected chi connectivity index (χ4v) is 8.62. The molecule has 238 valence electrons. The molecule has 0 fully saturated rings. The van der Waals surface area contributed by atoms with Gasteiger partial charge >= 0.3 is 5.97 Å². The van der Waals surface area contributed by atoms with Crippen molar-refractivity contribution in [2.75, 3.05) is 13.7 Å². The Kier molecular flexibility index (Phi) is 10.6. The predicted octanol–water partition coefficient (Wildman–Crippen LogP) is 7.49. The van der Waals surface area contributed by atoms with Gasteiger partial charge in [-0.3, -0.25) is 9.36 Å². The Balaban J connectivity index is 1.47. The average Bonchev–Trinajstić information content (AvgIpc) is 3.38. The Morgan fingerprint density at radius 1 is 1.00 bits per heavy atom. The Labute approximate surface area is 311 Å². The number of carbonyl (C=O) groups is 1. The van der Waals surface area contributed by atoms with Crippen LogP contribution in [-0.4, -0.2) is 24.3 Å². The van der Waals surface area contributed by atoms with Gasteiger partial charge in [0, 0.05) is 10.0 Å². The molecule has 5 aromatic rings. The largest absolute Gasteiger partial charge is 0.497 e. The number of benzene rings is 4. The molecule has 0 saturated carbocycles. The minimum absolute atomic E-state index is 0.185. The highest BCUT2D eigenvalue weighted by atomic mass is 127. The van der Waals surface area contributed by atoms with Crippen LogP contribution in [-0.2, 0) is 16.1 Å². The van der Waals surface area contributed by atoms with E-state index in [4.69, 9.17) is 19.2 Å². The molecule has 4 aromatic carbocycles. The van der Waals surface area contributed by atoms with Gasteiger partial charge in [-0.1, -0.05) is 81.9 Å². The van der Waals surface area contributed by atoms with Crippen LogP contribution in [0.15, 0.2) is 111 Å². The number of halogens is 3. The lowest BCUT2D eigenvalue weighted by atomic mass is 9.93. The van der Waals surface area contributed by atoms with Crippen LogP contribution < -0.4 is 24.4 Å². The predicted molar refractivity (Wildman–Crippen MR) is 204 cm³/mol. The summed E-state index contributed by atoms with van der Waals surface area (Å²) in [6, 6.07) is 28.1. The molecule has 0 radical (unpaired) electrons. The molecule has 47 heavy (non-hydrogen) atoms. The highest BCUT2D eigenvalue weighted by Crippen LogP contribution is 2.36. The smallest absolute Gasteiger partial charge is 0.338 e. The van der Waals surface area contributed by atoms with Crippen LogP contribution in [0.3, 0.4) is 0 Å². The molecule has 11 heteroatoms. The minimum Gasteiger partial charge on any atom is -0.497 e. The minimum atomic E-state index is -0.761. The van der Waals surface area contributed by atoms with E-state index in [1.807, 2.05) is 97.1 Å². The van der Waals surface area contributed by atoms with Gasteiger partial charge in [-0.25, -0.2) is 9.79 Å². The third-order valence-electron chi connectivity index (χ3n) is 7.42. The number of fused-ring (bicyclic) bond motifs is 1. The first kappa shape index (κ1) is 33.6. The molecule has 0 saturated heterocycles. The summed E-state index contributed by atoms with van der Waals surface area (Å²) in [4.78, 5) is 33.4. The number of hydrogen-bond acceptors (Lipinski definition) is 7. The lowest BCUT2D eigenvalue weighted by Crippen LogP contribution is -2.40. The van der Waals surface area contributed by atoms with Gasteiger partial charge in [0.2, 0.25) is 0 Å². The van der Waals surface area contributed by atoms with E-state index in [1.165, 1.54) is 11.3 Å². The van der Waals surface area contributed by atoms with Crippen LogP contribution in [0, 0.1) is 7.14 Å². The lowest BCUT2D eigenvalue weighted by Gasteiger charge is -2.26. The summed E-state index contributed by atoms with van der Waals surface area (Å²) >= 11 is 9.29. The zero-order chi connectivity index (χ0) is 33.1. The van der Waals surface area contributed by atoms with Crippen LogP contribution in [0.25, 0.3) is 11.8 Å². The van der Waals surface area contributed by atoms with Crippen molar-refractivity contribution in [3.63, 3.8) is 0 Å². The molecule has 1 atom stereocenters. The highest BCUT2D eigenvalue weighted by molar-refractivity contribution is 14.1. The number of rotatable bonds is 9. The molecule has 1 aliphatic rings. The van der Waals surface area contributed by atoms with Crippen LogP contribution in [0.4, 0.5) is 0 Å². The second-order valence-corrected chi connectivity index (χ2v) is 14.7. The summed E-state index contributed by atoms with van der Waals surface area (Å²) in [5.74, 6) is 0.937. The van der Waals surface area contributed by atoms with E-state index in [0.29, 0.717) is 33.0 Å². The van der Waals surface area contributed by atoms with E-state index >= 15 is 0 Å². The summed E-state index contributed by atoms with van der Waals surface area (Å²) < 4.78 is 22.1. The fraction of sp³-hybridized carbons (Fsp3) is 0.139. The first-order valence-corrected chi connectivity index (χ1v) is 18.3. The molecule has 0 N–H and O–H groups in total. The van der Waals surface area contributed by atoms with Crippen LogP contribution >= 0.6 is 72.4 Å². The lowest BCUT2D eigenvalue weighted by molar-refractivity contribution is -0.138. The van der Waals surface area contributed by atoms with E-state index in [-0.39, 0.29) is 12.2 Å². The number of thiazole rings is 1. The van der Waals surface area contributed by atoms with Gasteiger partial charge in [0.05, 0.1) is 42.7 Å². The maximum atomic E-state index is 14.3. The molecule has 6 rings (SSSR count). The molecular formula is C36H27BrI2N2O5S. The molecule has 1 aromatic heterocycles. The molecule has 1 aliphatic heterocycles. The van der Waals surface area contributed by atoms with Gasteiger partial charge in [0.1, 0.15) is 18.1 Å². The van der Waals surface area contributed by atoms with Gasteiger partial charge < -0.3 is 14.2 Å². The Morgan fingerprint density at radius 3 is 2.32 bits per heavy atom. The van der Waals surface area contributed by atoms with Gasteiger partial charge in [-0.15, -0.1) is 0 Å². The second-order valence-electron chi connectivity index (χ2n) is 10.4. The van der Waals surface area contributed by atoms with Gasteiger partial charge in [-0.05, 0) is 111 Å². The number of ether oxygens (including phenoxy) is 3. The van der Waals surface area contributed by atoms with Crippen molar-refractivity contribution in [3.8, 4) is 11.5 Å². The van der Waals surface area contributed by atoms with Gasteiger partial charge in [-0.2, -0.15) is 0 Å². The van der Waals surface area contributed by atoms with Crippen molar-refractivity contribution in [1.82, 2.24) is 4.57 Å². The quantitative estimate of drug-likeness (QED) is 0.113. The van der Waals surface area contributed by atoms with Crippen molar-refractivity contribution in [2.45, 2.75) is 19.6 Å². The molecule has 0 aliphatic carbocycles. The van der Waals surface area contributed by atoms with Gasteiger partial charge in [0.25, 0.3) is 5.56 Å². The van der Waals surface area contributed by atoms with E-state index < -0.39 is 12.0 Å². The number of nitrogens with zero attached hydrogens (tertiary/aromatic N) is 2. The third-order valence-corrected chi connectivity index (χ3v) is 10.5.